The molecule has 0 radical (unpaired) electrons. The highest BCUT2D eigenvalue weighted by molar-refractivity contribution is 5.70. The van der Waals surface area contributed by atoms with Crippen LogP contribution in [-0.2, 0) is 0 Å². The first-order chi connectivity index (χ1) is 7.18. The number of phenols is 2. The van der Waals surface area contributed by atoms with E-state index in [-0.39, 0.29) is 11.5 Å². The highest BCUT2D eigenvalue weighted by Gasteiger charge is 2.05. The van der Waals surface area contributed by atoms with E-state index in [2.05, 4.69) is 0 Å². The molecule has 2 nitrogen and oxygen atoms in total. The quantitative estimate of drug-likeness (QED) is 0.742. The summed E-state index contributed by atoms with van der Waals surface area (Å²) in [5.74, 6) is 0.506. The van der Waals surface area contributed by atoms with Crippen molar-refractivity contribution in [2.24, 2.45) is 0 Å². The van der Waals surface area contributed by atoms with Gasteiger partial charge in [0.25, 0.3) is 0 Å². The van der Waals surface area contributed by atoms with Crippen molar-refractivity contribution in [2.75, 3.05) is 0 Å². The zero-order valence-electron chi connectivity index (χ0n) is 8.44. The summed E-state index contributed by atoms with van der Waals surface area (Å²) < 4.78 is 0. The molecule has 0 fully saturated rings. The summed E-state index contributed by atoms with van der Waals surface area (Å²) in [5.41, 5.74) is 2.66. The first-order valence-electron chi connectivity index (χ1n) is 4.76. The second-order valence-corrected chi connectivity index (χ2v) is 3.50. The molecule has 2 aromatic rings. The Morgan fingerprint density at radius 3 is 2.40 bits per heavy atom. The first kappa shape index (κ1) is 9.59. The first-order valence-corrected chi connectivity index (χ1v) is 4.76. The second kappa shape index (κ2) is 3.65. The molecule has 0 heterocycles. The van der Waals surface area contributed by atoms with Crippen LogP contribution in [0.15, 0.2) is 42.5 Å². The summed E-state index contributed by atoms with van der Waals surface area (Å²) in [7, 11) is 0. The largest absolute Gasteiger partial charge is 0.508 e. The van der Waals surface area contributed by atoms with E-state index in [4.69, 9.17) is 0 Å². The molecule has 0 amide bonds. The van der Waals surface area contributed by atoms with Gasteiger partial charge in [-0.2, -0.15) is 0 Å². The van der Waals surface area contributed by atoms with Crippen molar-refractivity contribution in [2.45, 2.75) is 6.92 Å². The maximum atomic E-state index is 9.57. The van der Waals surface area contributed by atoms with E-state index in [0.717, 1.165) is 16.7 Å². The third-order valence-electron chi connectivity index (χ3n) is 2.46. The van der Waals surface area contributed by atoms with Crippen molar-refractivity contribution in [1.29, 1.82) is 0 Å². The molecule has 0 spiro atoms. The molecule has 0 atom stereocenters. The van der Waals surface area contributed by atoms with Crippen LogP contribution in [0.3, 0.4) is 0 Å². The Labute approximate surface area is 88.4 Å². The second-order valence-electron chi connectivity index (χ2n) is 3.50. The summed E-state index contributed by atoms with van der Waals surface area (Å²) >= 11 is 0. The number of rotatable bonds is 1. The van der Waals surface area contributed by atoms with Gasteiger partial charge in [-0.15, -0.1) is 0 Å². The lowest BCUT2D eigenvalue weighted by molar-refractivity contribution is 0.471. The third-order valence-corrected chi connectivity index (χ3v) is 2.46. The van der Waals surface area contributed by atoms with Crippen LogP contribution in [0, 0.1) is 6.92 Å². The van der Waals surface area contributed by atoms with Gasteiger partial charge < -0.3 is 10.2 Å². The van der Waals surface area contributed by atoms with E-state index < -0.39 is 0 Å². The minimum absolute atomic E-state index is 0.232. The van der Waals surface area contributed by atoms with Gasteiger partial charge in [0, 0.05) is 0 Å². The Balaban J connectivity index is 2.59. The molecule has 2 rings (SSSR count). The van der Waals surface area contributed by atoms with Gasteiger partial charge in [-0.05, 0) is 41.8 Å². The fourth-order valence-corrected chi connectivity index (χ4v) is 1.61. The number of benzene rings is 2. The van der Waals surface area contributed by atoms with Crippen molar-refractivity contribution < 1.29 is 10.2 Å². The fraction of sp³-hybridized carbons (Fsp3) is 0.0769. The zero-order chi connectivity index (χ0) is 10.8. The Hall–Kier alpha value is -1.96. The van der Waals surface area contributed by atoms with Gasteiger partial charge in [-0.25, -0.2) is 0 Å². The smallest absolute Gasteiger partial charge is 0.119 e. The van der Waals surface area contributed by atoms with Crippen LogP contribution in [0.5, 0.6) is 11.5 Å². The van der Waals surface area contributed by atoms with Crippen molar-refractivity contribution in [1.82, 2.24) is 0 Å². The Morgan fingerprint density at radius 2 is 1.67 bits per heavy atom. The van der Waals surface area contributed by atoms with Gasteiger partial charge in [0.05, 0.1) is 0 Å². The van der Waals surface area contributed by atoms with Crippen LogP contribution >= 0.6 is 0 Å². The molecule has 0 bridgehead atoms. The summed E-state index contributed by atoms with van der Waals surface area (Å²) in [5, 5.41) is 18.9. The summed E-state index contributed by atoms with van der Waals surface area (Å²) in [6.07, 6.45) is 0. The normalized spacial score (nSPS) is 10.2. The SMILES string of the molecule is Cc1c(O)cccc1-c1cccc(O)c1. The molecule has 0 aliphatic carbocycles. The minimum atomic E-state index is 0.232. The molecule has 0 saturated heterocycles. The summed E-state index contributed by atoms with van der Waals surface area (Å²) in [6, 6.07) is 12.4. The lowest BCUT2D eigenvalue weighted by atomic mass is 10.00. The third kappa shape index (κ3) is 1.79. The maximum absolute atomic E-state index is 9.57. The van der Waals surface area contributed by atoms with Crippen LogP contribution in [0.1, 0.15) is 5.56 Å². The fourth-order valence-electron chi connectivity index (χ4n) is 1.61. The van der Waals surface area contributed by atoms with E-state index in [0.29, 0.717) is 0 Å². The summed E-state index contributed by atoms with van der Waals surface area (Å²) in [4.78, 5) is 0. The average Bonchev–Trinajstić information content (AvgIpc) is 2.22. The van der Waals surface area contributed by atoms with E-state index >= 15 is 0 Å². The van der Waals surface area contributed by atoms with Crippen LogP contribution < -0.4 is 0 Å². The van der Waals surface area contributed by atoms with Crippen molar-refractivity contribution in [3.8, 4) is 22.6 Å². The van der Waals surface area contributed by atoms with Crippen LogP contribution in [0.2, 0.25) is 0 Å². The molecule has 0 aromatic heterocycles. The van der Waals surface area contributed by atoms with E-state index in [9.17, 15) is 10.2 Å². The monoisotopic (exact) mass is 200 g/mol. The van der Waals surface area contributed by atoms with Gasteiger partial charge >= 0.3 is 0 Å². The van der Waals surface area contributed by atoms with E-state index in [1.165, 1.54) is 0 Å². The van der Waals surface area contributed by atoms with E-state index in [1.807, 2.05) is 19.1 Å². The molecule has 76 valence electrons. The predicted molar refractivity (Wildman–Crippen MR) is 59.9 cm³/mol. The van der Waals surface area contributed by atoms with Gasteiger partial charge in [-0.3, -0.25) is 0 Å². The molecule has 15 heavy (non-hydrogen) atoms. The highest BCUT2D eigenvalue weighted by atomic mass is 16.3. The summed E-state index contributed by atoms with van der Waals surface area (Å²) in [6.45, 7) is 1.86. The molecule has 0 saturated carbocycles. The topological polar surface area (TPSA) is 40.5 Å². The number of hydrogen-bond acceptors (Lipinski definition) is 2. The average molecular weight is 200 g/mol. The van der Waals surface area contributed by atoms with Crippen molar-refractivity contribution in [3.05, 3.63) is 48.0 Å². The molecule has 0 aliphatic rings. The molecule has 2 heteroatoms. The Morgan fingerprint density at radius 1 is 0.933 bits per heavy atom. The molecule has 0 unspecified atom stereocenters. The van der Waals surface area contributed by atoms with Gasteiger partial charge in [0.2, 0.25) is 0 Å². The Bertz CT molecular complexity index is 490. The van der Waals surface area contributed by atoms with Gasteiger partial charge in [0.15, 0.2) is 0 Å². The Kier molecular flexibility index (Phi) is 2.34. The van der Waals surface area contributed by atoms with E-state index in [1.54, 1.807) is 30.3 Å². The van der Waals surface area contributed by atoms with Crippen LogP contribution in [-0.4, -0.2) is 10.2 Å². The number of phenolic OH excluding ortho intramolecular Hbond substituents is 2. The standard InChI is InChI=1S/C13H12O2/c1-9-12(6-3-7-13(9)15)10-4-2-5-11(14)8-10/h2-8,14-15H,1H3. The van der Waals surface area contributed by atoms with Crippen LogP contribution in [0.4, 0.5) is 0 Å². The predicted octanol–water partition coefficient (Wildman–Crippen LogP) is 3.07. The maximum Gasteiger partial charge on any atom is 0.119 e. The molecule has 2 aromatic carbocycles. The zero-order valence-corrected chi connectivity index (χ0v) is 8.44. The number of hydrogen-bond donors (Lipinski definition) is 2. The van der Waals surface area contributed by atoms with Crippen LogP contribution in [0.25, 0.3) is 11.1 Å². The molecule has 0 aliphatic heterocycles. The molecular weight excluding hydrogens is 188 g/mol. The lowest BCUT2D eigenvalue weighted by Gasteiger charge is -2.07. The highest BCUT2D eigenvalue weighted by Crippen LogP contribution is 2.30. The number of aromatic hydroxyl groups is 2. The van der Waals surface area contributed by atoms with Crippen molar-refractivity contribution in [3.63, 3.8) is 0 Å². The molecule has 2 N–H and O–H groups in total. The minimum Gasteiger partial charge on any atom is -0.508 e. The van der Waals surface area contributed by atoms with Gasteiger partial charge in [0.1, 0.15) is 11.5 Å². The molecular formula is C13H12O2. The lowest BCUT2D eigenvalue weighted by Crippen LogP contribution is -1.83. The van der Waals surface area contributed by atoms with Gasteiger partial charge in [-0.1, -0.05) is 24.3 Å². The van der Waals surface area contributed by atoms with Crippen molar-refractivity contribution >= 4 is 0 Å².